The Morgan fingerprint density at radius 2 is 2.40 bits per heavy atom. The number of hydrogen-bond acceptors (Lipinski definition) is 3. The number of ether oxygens (including phenoxy) is 1. The van der Waals surface area contributed by atoms with Crippen LogP contribution in [0, 0.1) is 0 Å². The molecule has 1 aromatic heterocycles. The smallest absolute Gasteiger partial charge is 0.334 e. The van der Waals surface area contributed by atoms with Crippen LogP contribution in [0.4, 0.5) is 0 Å². The Kier molecular flexibility index (Phi) is 3.87. The number of amides is 1. The van der Waals surface area contributed by atoms with Gasteiger partial charge in [0.1, 0.15) is 5.69 Å². The van der Waals surface area contributed by atoms with Crippen molar-refractivity contribution >= 4 is 11.9 Å². The van der Waals surface area contributed by atoms with Gasteiger partial charge in [-0.05, 0) is 12.1 Å². The minimum absolute atomic E-state index is 0.0658. The van der Waals surface area contributed by atoms with Gasteiger partial charge in [-0.25, -0.2) is 4.79 Å². The number of aromatic nitrogens is 1. The average Bonchev–Trinajstić information content (AvgIpc) is 2.70. The van der Waals surface area contributed by atoms with Crippen molar-refractivity contribution in [1.29, 1.82) is 0 Å². The van der Waals surface area contributed by atoms with E-state index in [4.69, 9.17) is 5.11 Å². The van der Waals surface area contributed by atoms with Crippen LogP contribution in [0.15, 0.2) is 18.3 Å². The summed E-state index contributed by atoms with van der Waals surface area (Å²) in [7, 11) is 1.28. The number of aliphatic carboxylic acids is 1. The maximum Gasteiger partial charge on any atom is 0.334 e. The third-order valence-electron chi connectivity index (χ3n) is 1.85. The van der Waals surface area contributed by atoms with Gasteiger partial charge in [-0.1, -0.05) is 0 Å². The molecule has 0 fully saturated rings. The number of methoxy groups -OCH3 is 1. The number of carbonyl (C=O) groups excluding carboxylic acids is 1. The summed E-state index contributed by atoms with van der Waals surface area (Å²) in [6, 6.07) is 3.28. The fourth-order valence-electron chi connectivity index (χ4n) is 1.02. The minimum Gasteiger partial charge on any atom is -0.479 e. The highest BCUT2D eigenvalue weighted by atomic mass is 16.5. The summed E-state index contributed by atoms with van der Waals surface area (Å²) in [6.45, 7) is -0.0658. The maximum atomic E-state index is 11.4. The van der Waals surface area contributed by atoms with Gasteiger partial charge < -0.3 is 20.1 Å². The standard InChI is InChI=1S/C9H12N2O4/c1-15-7(9(13)14)5-11-8(12)6-3-2-4-10-6/h2-4,7,10H,5H2,1H3,(H,11,12)(H,13,14). The highest BCUT2D eigenvalue weighted by Gasteiger charge is 2.17. The van der Waals surface area contributed by atoms with Crippen molar-refractivity contribution in [2.45, 2.75) is 6.10 Å². The predicted octanol–water partition coefficient (Wildman–Crippen LogP) is -0.156. The van der Waals surface area contributed by atoms with E-state index in [0.29, 0.717) is 5.69 Å². The van der Waals surface area contributed by atoms with Crippen LogP contribution in [0.25, 0.3) is 0 Å². The molecule has 0 saturated heterocycles. The summed E-state index contributed by atoms with van der Waals surface area (Å²) in [5.41, 5.74) is 0.384. The van der Waals surface area contributed by atoms with Gasteiger partial charge in [0.25, 0.3) is 5.91 Å². The monoisotopic (exact) mass is 212 g/mol. The number of aromatic amines is 1. The minimum atomic E-state index is -1.11. The van der Waals surface area contributed by atoms with Gasteiger partial charge in [0, 0.05) is 13.3 Å². The SMILES string of the molecule is COC(CNC(=O)c1ccc[nH]1)C(=O)O. The maximum absolute atomic E-state index is 11.4. The number of H-pyrrole nitrogens is 1. The molecule has 0 aliphatic heterocycles. The summed E-state index contributed by atoms with van der Waals surface area (Å²) in [6.07, 6.45) is 0.587. The Morgan fingerprint density at radius 3 is 2.87 bits per heavy atom. The van der Waals surface area contributed by atoms with E-state index in [-0.39, 0.29) is 12.5 Å². The van der Waals surface area contributed by atoms with E-state index in [1.165, 1.54) is 7.11 Å². The van der Waals surface area contributed by atoms with Crippen molar-refractivity contribution in [2.24, 2.45) is 0 Å². The average molecular weight is 212 g/mol. The predicted molar refractivity (Wildman–Crippen MR) is 51.6 cm³/mol. The molecule has 0 saturated carbocycles. The fourth-order valence-corrected chi connectivity index (χ4v) is 1.02. The molecular weight excluding hydrogens is 200 g/mol. The summed E-state index contributed by atoms with van der Waals surface area (Å²) in [5.74, 6) is -1.47. The van der Waals surface area contributed by atoms with E-state index < -0.39 is 12.1 Å². The zero-order valence-electron chi connectivity index (χ0n) is 8.19. The first-order chi connectivity index (χ1) is 7.15. The van der Waals surface area contributed by atoms with Gasteiger partial charge in [-0.15, -0.1) is 0 Å². The molecule has 1 rings (SSSR count). The summed E-state index contributed by atoms with van der Waals surface area (Å²) >= 11 is 0. The van der Waals surface area contributed by atoms with Crippen molar-refractivity contribution in [2.75, 3.05) is 13.7 Å². The number of carboxylic acids is 1. The van der Waals surface area contributed by atoms with Crippen molar-refractivity contribution in [1.82, 2.24) is 10.3 Å². The van der Waals surface area contributed by atoms with Crippen LogP contribution < -0.4 is 5.32 Å². The zero-order valence-corrected chi connectivity index (χ0v) is 8.19. The Hall–Kier alpha value is -1.82. The molecule has 1 unspecified atom stereocenters. The van der Waals surface area contributed by atoms with Crippen LogP contribution >= 0.6 is 0 Å². The normalized spacial score (nSPS) is 12.1. The highest BCUT2D eigenvalue weighted by Crippen LogP contribution is 1.94. The molecule has 1 amide bonds. The number of carbonyl (C=O) groups is 2. The molecule has 1 aromatic rings. The molecule has 82 valence electrons. The number of rotatable bonds is 5. The van der Waals surface area contributed by atoms with Gasteiger partial charge in [-0.3, -0.25) is 4.79 Å². The van der Waals surface area contributed by atoms with E-state index in [0.717, 1.165) is 0 Å². The zero-order chi connectivity index (χ0) is 11.3. The molecule has 15 heavy (non-hydrogen) atoms. The first-order valence-electron chi connectivity index (χ1n) is 4.32. The van der Waals surface area contributed by atoms with Gasteiger partial charge in [0.15, 0.2) is 6.10 Å². The van der Waals surface area contributed by atoms with E-state index in [2.05, 4.69) is 15.0 Å². The van der Waals surface area contributed by atoms with Gasteiger partial charge in [0.05, 0.1) is 6.54 Å². The molecule has 0 bridgehead atoms. The Balaban J connectivity index is 2.43. The van der Waals surface area contributed by atoms with Gasteiger partial charge in [0.2, 0.25) is 0 Å². The highest BCUT2D eigenvalue weighted by molar-refractivity contribution is 5.92. The van der Waals surface area contributed by atoms with E-state index in [9.17, 15) is 9.59 Å². The lowest BCUT2D eigenvalue weighted by Gasteiger charge is -2.10. The molecule has 0 spiro atoms. The van der Waals surface area contributed by atoms with Crippen molar-refractivity contribution in [3.8, 4) is 0 Å². The van der Waals surface area contributed by atoms with E-state index in [1.54, 1.807) is 18.3 Å². The molecule has 3 N–H and O–H groups in total. The van der Waals surface area contributed by atoms with E-state index in [1.807, 2.05) is 0 Å². The van der Waals surface area contributed by atoms with Gasteiger partial charge >= 0.3 is 5.97 Å². The Labute approximate surface area is 86.2 Å². The third kappa shape index (κ3) is 3.10. The topological polar surface area (TPSA) is 91.4 Å². The molecule has 6 nitrogen and oxygen atoms in total. The van der Waals surface area contributed by atoms with Gasteiger partial charge in [-0.2, -0.15) is 0 Å². The third-order valence-corrected chi connectivity index (χ3v) is 1.85. The summed E-state index contributed by atoms with van der Waals surface area (Å²) in [4.78, 5) is 24.6. The Morgan fingerprint density at radius 1 is 1.67 bits per heavy atom. The molecule has 1 atom stereocenters. The van der Waals surface area contributed by atoms with Crippen molar-refractivity contribution in [3.05, 3.63) is 24.0 Å². The number of hydrogen-bond donors (Lipinski definition) is 3. The molecule has 1 heterocycles. The largest absolute Gasteiger partial charge is 0.479 e. The lowest BCUT2D eigenvalue weighted by atomic mass is 10.3. The van der Waals surface area contributed by atoms with Crippen LogP contribution in [0.1, 0.15) is 10.5 Å². The molecule has 0 radical (unpaired) electrons. The second kappa shape index (κ2) is 5.16. The molecule has 0 aromatic carbocycles. The number of carboxylic acid groups (broad SMARTS) is 1. The second-order valence-corrected chi connectivity index (χ2v) is 2.86. The number of nitrogens with one attached hydrogen (secondary N) is 2. The lowest BCUT2D eigenvalue weighted by molar-refractivity contribution is -0.148. The quantitative estimate of drug-likeness (QED) is 0.632. The van der Waals surface area contributed by atoms with Crippen LogP contribution in [0.5, 0.6) is 0 Å². The van der Waals surface area contributed by atoms with Crippen LogP contribution in [-0.2, 0) is 9.53 Å². The van der Waals surface area contributed by atoms with Crippen molar-refractivity contribution < 1.29 is 19.4 Å². The first-order valence-corrected chi connectivity index (χ1v) is 4.32. The summed E-state index contributed by atoms with van der Waals surface area (Å²) < 4.78 is 4.66. The van der Waals surface area contributed by atoms with Crippen LogP contribution in [0.3, 0.4) is 0 Å². The van der Waals surface area contributed by atoms with Crippen LogP contribution in [0.2, 0.25) is 0 Å². The van der Waals surface area contributed by atoms with E-state index >= 15 is 0 Å². The molecular formula is C9H12N2O4. The lowest BCUT2D eigenvalue weighted by Crippen LogP contribution is -2.37. The summed E-state index contributed by atoms with van der Waals surface area (Å²) in [5, 5.41) is 11.1. The molecule has 0 aliphatic carbocycles. The first kappa shape index (κ1) is 11.3. The fraction of sp³-hybridized carbons (Fsp3) is 0.333. The second-order valence-electron chi connectivity index (χ2n) is 2.86. The Bertz CT molecular complexity index is 334. The van der Waals surface area contributed by atoms with Crippen molar-refractivity contribution in [3.63, 3.8) is 0 Å². The van der Waals surface area contributed by atoms with Crippen LogP contribution in [-0.4, -0.2) is 41.7 Å². The molecule has 0 aliphatic rings. The molecule has 6 heteroatoms.